The van der Waals surface area contributed by atoms with Gasteiger partial charge in [0.25, 0.3) is 16.8 Å². The summed E-state index contributed by atoms with van der Waals surface area (Å²) in [6, 6.07) is 4.09. The second kappa shape index (κ2) is 11.3. The van der Waals surface area contributed by atoms with Crippen molar-refractivity contribution in [3.63, 3.8) is 0 Å². The number of ether oxygens (including phenoxy) is 1. The number of nitro benzene ring substituents is 1. The van der Waals surface area contributed by atoms with Crippen molar-refractivity contribution >= 4 is 68.7 Å². The van der Waals surface area contributed by atoms with Gasteiger partial charge in [-0.05, 0) is 30.3 Å². The van der Waals surface area contributed by atoms with E-state index in [1.165, 1.54) is 37.6 Å². The molecule has 1 fully saturated rings. The van der Waals surface area contributed by atoms with E-state index in [0.717, 1.165) is 11.3 Å². The Morgan fingerprint density at radius 3 is 2.74 bits per heavy atom. The second-order valence-corrected chi connectivity index (χ2v) is 8.64. The van der Waals surface area contributed by atoms with E-state index in [2.05, 4.69) is 25.6 Å². The smallest absolute Gasteiger partial charge is 0.361 e. The van der Waals surface area contributed by atoms with Crippen LogP contribution >= 0.6 is 23.1 Å². The maximum atomic E-state index is 12.5. The van der Waals surface area contributed by atoms with Crippen molar-refractivity contribution < 1.29 is 33.7 Å². The van der Waals surface area contributed by atoms with Crippen LogP contribution in [0.3, 0.4) is 0 Å². The standard InChI is InChI=1S/C20H17N5O8S2/c1-3-33-18(28)16(24-32-2)14-9-21-19(34-14)22-15(26)8-11-5-4-10(6-12(11)25(30)31)7-13-17(27)23-20(29)35-13/h4-7,9H,3,8H2,1-2H3,(H,21,22,26)(H,23,27,29)/b13-7-,24-16-. The number of carbonyl (C=O) groups excluding carboxylic acids is 4. The first-order valence-electron chi connectivity index (χ1n) is 9.78. The highest BCUT2D eigenvalue weighted by Crippen LogP contribution is 2.28. The Morgan fingerprint density at radius 1 is 1.34 bits per heavy atom. The molecule has 0 aliphatic carbocycles. The molecule has 0 saturated carbocycles. The van der Waals surface area contributed by atoms with Crippen LogP contribution in [0.4, 0.5) is 15.6 Å². The number of rotatable bonds is 9. The van der Waals surface area contributed by atoms with E-state index >= 15 is 0 Å². The van der Waals surface area contributed by atoms with Gasteiger partial charge >= 0.3 is 5.97 Å². The number of benzene rings is 1. The van der Waals surface area contributed by atoms with E-state index < -0.39 is 27.9 Å². The van der Waals surface area contributed by atoms with Gasteiger partial charge in [-0.15, -0.1) is 0 Å². The minimum Gasteiger partial charge on any atom is -0.461 e. The Kier molecular flexibility index (Phi) is 8.27. The molecule has 1 aliphatic heterocycles. The van der Waals surface area contributed by atoms with Gasteiger partial charge in [-0.3, -0.25) is 29.8 Å². The van der Waals surface area contributed by atoms with Crippen molar-refractivity contribution in [1.29, 1.82) is 0 Å². The summed E-state index contributed by atoms with van der Waals surface area (Å²) in [5.41, 5.74) is -0.00900. The summed E-state index contributed by atoms with van der Waals surface area (Å²) in [7, 11) is 1.26. The Balaban J connectivity index is 1.74. The van der Waals surface area contributed by atoms with Gasteiger partial charge in [-0.1, -0.05) is 28.6 Å². The molecule has 35 heavy (non-hydrogen) atoms. The average molecular weight is 520 g/mol. The molecule has 1 aromatic heterocycles. The molecular formula is C20H17N5O8S2. The fourth-order valence-corrected chi connectivity index (χ4v) is 4.30. The highest BCUT2D eigenvalue weighted by Gasteiger charge is 2.26. The molecule has 0 unspecified atom stereocenters. The average Bonchev–Trinajstić information content (AvgIpc) is 3.38. The molecule has 15 heteroatoms. The van der Waals surface area contributed by atoms with E-state index in [9.17, 15) is 29.3 Å². The summed E-state index contributed by atoms with van der Waals surface area (Å²) < 4.78 is 4.91. The Labute approximate surface area is 205 Å². The van der Waals surface area contributed by atoms with Crippen molar-refractivity contribution in [2.45, 2.75) is 13.3 Å². The van der Waals surface area contributed by atoms with Crippen molar-refractivity contribution in [1.82, 2.24) is 10.3 Å². The molecular weight excluding hydrogens is 502 g/mol. The fraction of sp³-hybridized carbons (Fsp3) is 0.200. The van der Waals surface area contributed by atoms with Crippen molar-refractivity contribution in [3.05, 3.63) is 55.4 Å². The molecule has 3 rings (SSSR count). The van der Waals surface area contributed by atoms with Crippen LogP contribution in [0.15, 0.2) is 34.5 Å². The molecule has 2 heterocycles. The predicted octanol–water partition coefficient (Wildman–Crippen LogP) is 2.47. The lowest BCUT2D eigenvalue weighted by atomic mass is 10.1. The lowest BCUT2D eigenvalue weighted by molar-refractivity contribution is -0.385. The van der Waals surface area contributed by atoms with Crippen molar-refractivity contribution in [2.24, 2.45) is 5.16 Å². The fourth-order valence-electron chi connectivity index (χ4n) is 2.81. The molecule has 0 radical (unpaired) electrons. The van der Waals surface area contributed by atoms with Crippen LogP contribution in [0.25, 0.3) is 6.08 Å². The maximum absolute atomic E-state index is 12.5. The number of esters is 1. The number of nitrogens with zero attached hydrogens (tertiary/aromatic N) is 3. The summed E-state index contributed by atoms with van der Waals surface area (Å²) in [5, 5.41) is 19.4. The number of carbonyl (C=O) groups is 4. The van der Waals surface area contributed by atoms with E-state index in [1.807, 2.05) is 0 Å². The predicted molar refractivity (Wildman–Crippen MR) is 127 cm³/mol. The number of aromatic nitrogens is 1. The van der Waals surface area contributed by atoms with Gasteiger partial charge in [0.1, 0.15) is 7.11 Å². The summed E-state index contributed by atoms with van der Waals surface area (Å²) in [5.74, 6) is -1.90. The molecule has 0 bridgehead atoms. The number of hydrogen-bond acceptors (Lipinski definition) is 12. The van der Waals surface area contributed by atoms with Crippen LogP contribution in [-0.2, 0) is 30.4 Å². The molecule has 1 aromatic carbocycles. The van der Waals surface area contributed by atoms with Crippen LogP contribution in [-0.4, -0.2) is 52.4 Å². The van der Waals surface area contributed by atoms with Gasteiger partial charge in [-0.2, -0.15) is 0 Å². The normalized spacial score (nSPS) is 14.6. The number of oxime groups is 1. The summed E-state index contributed by atoms with van der Waals surface area (Å²) >= 11 is 1.63. The van der Waals surface area contributed by atoms with E-state index in [4.69, 9.17) is 4.74 Å². The maximum Gasteiger partial charge on any atom is 0.361 e. The van der Waals surface area contributed by atoms with E-state index in [0.29, 0.717) is 17.3 Å². The minimum atomic E-state index is -0.723. The number of imide groups is 1. The first-order valence-corrected chi connectivity index (χ1v) is 11.4. The van der Waals surface area contributed by atoms with Gasteiger partial charge < -0.3 is 14.9 Å². The lowest BCUT2D eigenvalue weighted by Gasteiger charge is -2.05. The van der Waals surface area contributed by atoms with E-state index in [1.54, 1.807) is 6.92 Å². The van der Waals surface area contributed by atoms with Gasteiger partial charge in [0.15, 0.2) is 5.13 Å². The zero-order valence-electron chi connectivity index (χ0n) is 18.2. The molecule has 182 valence electrons. The highest BCUT2D eigenvalue weighted by molar-refractivity contribution is 8.18. The highest BCUT2D eigenvalue weighted by atomic mass is 32.2. The summed E-state index contributed by atoms with van der Waals surface area (Å²) in [4.78, 5) is 67.5. The zero-order valence-corrected chi connectivity index (χ0v) is 19.9. The molecule has 0 spiro atoms. The van der Waals surface area contributed by atoms with Crippen LogP contribution in [0, 0.1) is 10.1 Å². The van der Waals surface area contributed by atoms with Gasteiger partial charge in [0.05, 0.1) is 33.9 Å². The quantitative estimate of drug-likeness (QED) is 0.164. The number of anilines is 1. The van der Waals surface area contributed by atoms with E-state index in [-0.39, 0.29) is 44.9 Å². The first kappa shape index (κ1) is 25.5. The van der Waals surface area contributed by atoms with Crippen LogP contribution in [0.2, 0.25) is 0 Å². The Bertz CT molecular complexity index is 1270. The third-order valence-corrected chi connectivity index (χ3v) is 5.96. The summed E-state index contributed by atoms with van der Waals surface area (Å²) in [6.07, 6.45) is 2.32. The molecule has 2 N–H and O–H groups in total. The lowest BCUT2D eigenvalue weighted by Crippen LogP contribution is -2.18. The Hall–Kier alpha value is -4.11. The molecule has 2 aromatic rings. The molecule has 1 saturated heterocycles. The molecule has 1 aliphatic rings. The molecule has 13 nitrogen and oxygen atoms in total. The number of thioether (sulfide) groups is 1. The monoisotopic (exact) mass is 519 g/mol. The van der Waals surface area contributed by atoms with Crippen molar-refractivity contribution in [2.75, 3.05) is 19.0 Å². The topological polar surface area (TPSA) is 179 Å². The minimum absolute atomic E-state index is 0.105. The second-order valence-electron chi connectivity index (χ2n) is 6.60. The zero-order chi connectivity index (χ0) is 25.5. The summed E-state index contributed by atoms with van der Waals surface area (Å²) in [6.45, 7) is 1.76. The van der Waals surface area contributed by atoms with Crippen LogP contribution in [0.5, 0.6) is 0 Å². The number of thiazole rings is 1. The van der Waals surface area contributed by atoms with Crippen LogP contribution < -0.4 is 10.6 Å². The number of nitrogens with one attached hydrogen (secondary N) is 2. The largest absolute Gasteiger partial charge is 0.461 e. The number of nitro groups is 1. The first-order chi connectivity index (χ1) is 16.7. The van der Waals surface area contributed by atoms with Crippen LogP contribution in [0.1, 0.15) is 22.9 Å². The van der Waals surface area contributed by atoms with Gasteiger partial charge in [0.2, 0.25) is 11.6 Å². The Morgan fingerprint density at radius 2 is 2.11 bits per heavy atom. The third kappa shape index (κ3) is 6.48. The van der Waals surface area contributed by atoms with Gasteiger partial charge in [-0.25, -0.2) is 9.78 Å². The van der Waals surface area contributed by atoms with Crippen molar-refractivity contribution in [3.8, 4) is 0 Å². The van der Waals surface area contributed by atoms with Gasteiger partial charge in [0, 0.05) is 11.6 Å². The molecule has 0 atom stereocenters. The SMILES string of the molecule is CCOC(=O)/C(=N\OC)c1cnc(NC(=O)Cc2ccc(/C=C3\SC(=O)NC3=O)cc2[N+](=O)[O-])s1. The molecule has 3 amide bonds. The number of amides is 3. The third-order valence-electron chi connectivity index (χ3n) is 4.23. The number of hydrogen-bond donors (Lipinski definition) is 2.